The maximum atomic E-state index is 11.9. The van der Waals surface area contributed by atoms with Gasteiger partial charge >= 0.3 is 0 Å². The van der Waals surface area contributed by atoms with Gasteiger partial charge in [-0.05, 0) is 18.8 Å². The highest BCUT2D eigenvalue weighted by Gasteiger charge is 2.28. The van der Waals surface area contributed by atoms with Gasteiger partial charge in [0.05, 0.1) is 12.1 Å². The van der Waals surface area contributed by atoms with Crippen LogP contribution in [0.3, 0.4) is 0 Å². The van der Waals surface area contributed by atoms with Crippen LogP contribution in [0.25, 0.3) is 0 Å². The minimum atomic E-state index is 0.130. The van der Waals surface area contributed by atoms with Crippen molar-refractivity contribution in [3.8, 4) is 0 Å². The van der Waals surface area contributed by atoms with Crippen molar-refractivity contribution in [2.75, 3.05) is 20.2 Å². The molecule has 1 heterocycles. The van der Waals surface area contributed by atoms with Gasteiger partial charge in [-0.2, -0.15) is 0 Å². The molecule has 0 aromatic carbocycles. The predicted octanol–water partition coefficient (Wildman–Crippen LogP) is 1.06. The fourth-order valence-electron chi connectivity index (χ4n) is 2.97. The second kappa shape index (κ2) is 6.36. The summed E-state index contributed by atoms with van der Waals surface area (Å²) >= 11 is 0. The fourth-order valence-corrected chi connectivity index (χ4v) is 2.97. The number of nitrogens with one attached hydrogen (secondary N) is 2. The van der Waals surface area contributed by atoms with Crippen LogP contribution in [0.15, 0.2) is 0 Å². The van der Waals surface area contributed by atoms with Gasteiger partial charge in [0.25, 0.3) is 0 Å². The average Bonchev–Trinajstić information content (AvgIpc) is 2.77. The molecule has 0 radical (unpaired) electrons. The number of carbonyl (C=O) groups excluding carboxylic acids is 1. The van der Waals surface area contributed by atoms with Crippen LogP contribution in [0.4, 0.5) is 0 Å². The van der Waals surface area contributed by atoms with Crippen LogP contribution >= 0.6 is 0 Å². The molecule has 2 N–H and O–H groups in total. The van der Waals surface area contributed by atoms with E-state index in [2.05, 4.69) is 10.6 Å². The van der Waals surface area contributed by atoms with Gasteiger partial charge < -0.3 is 15.4 Å². The minimum absolute atomic E-state index is 0.130. The van der Waals surface area contributed by atoms with Crippen LogP contribution in [-0.4, -0.2) is 38.3 Å². The first-order valence-electron chi connectivity index (χ1n) is 6.82. The van der Waals surface area contributed by atoms with E-state index in [0.717, 1.165) is 13.1 Å². The van der Waals surface area contributed by atoms with Gasteiger partial charge in [0.15, 0.2) is 0 Å². The molecular weight excluding hydrogens is 216 g/mol. The van der Waals surface area contributed by atoms with Crippen LogP contribution < -0.4 is 10.6 Å². The summed E-state index contributed by atoms with van der Waals surface area (Å²) in [4.78, 5) is 11.9. The molecule has 98 valence electrons. The topological polar surface area (TPSA) is 50.4 Å². The van der Waals surface area contributed by atoms with Crippen LogP contribution in [0.2, 0.25) is 0 Å². The summed E-state index contributed by atoms with van der Waals surface area (Å²) in [5.41, 5.74) is 0. The lowest BCUT2D eigenvalue weighted by atomic mass is 9.87. The smallest absolute Gasteiger partial charge is 0.220 e. The average molecular weight is 240 g/mol. The summed E-state index contributed by atoms with van der Waals surface area (Å²) in [5.74, 6) is 0.812. The van der Waals surface area contributed by atoms with Crippen LogP contribution in [-0.2, 0) is 9.53 Å². The number of rotatable bonds is 4. The summed E-state index contributed by atoms with van der Waals surface area (Å²) in [5, 5.41) is 6.34. The molecule has 2 aliphatic rings. The van der Waals surface area contributed by atoms with Crippen molar-refractivity contribution in [2.24, 2.45) is 5.92 Å². The predicted molar refractivity (Wildman–Crippen MR) is 66.8 cm³/mol. The van der Waals surface area contributed by atoms with Crippen LogP contribution in [0.5, 0.6) is 0 Å². The Morgan fingerprint density at radius 1 is 1.29 bits per heavy atom. The van der Waals surface area contributed by atoms with E-state index in [-0.39, 0.29) is 18.1 Å². The Bertz CT molecular complexity index is 252. The van der Waals surface area contributed by atoms with Crippen LogP contribution in [0, 0.1) is 5.92 Å². The zero-order valence-electron chi connectivity index (χ0n) is 10.7. The van der Waals surface area contributed by atoms with E-state index in [1.54, 1.807) is 7.11 Å². The van der Waals surface area contributed by atoms with Crippen molar-refractivity contribution in [2.45, 2.75) is 50.7 Å². The molecule has 2 fully saturated rings. The van der Waals surface area contributed by atoms with Crippen molar-refractivity contribution in [3.63, 3.8) is 0 Å². The van der Waals surface area contributed by atoms with Crippen LogP contribution in [0.1, 0.15) is 38.5 Å². The molecule has 1 unspecified atom stereocenters. The largest absolute Gasteiger partial charge is 0.378 e. The SMILES string of the molecule is CO[C@@H]1CNCC1NC(=O)CC1CCCCC1. The van der Waals surface area contributed by atoms with Crippen molar-refractivity contribution < 1.29 is 9.53 Å². The van der Waals surface area contributed by atoms with Crippen molar-refractivity contribution >= 4 is 5.91 Å². The molecule has 1 amide bonds. The maximum Gasteiger partial charge on any atom is 0.220 e. The van der Waals surface area contributed by atoms with E-state index in [1.807, 2.05) is 0 Å². The zero-order chi connectivity index (χ0) is 12.1. The first kappa shape index (κ1) is 12.8. The number of methoxy groups -OCH3 is 1. The molecule has 2 rings (SSSR count). The first-order chi connectivity index (χ1) is 8.29. The van der Waals surface area contributed by atoms with E-state index >= 15 is 0 Å². The van der Waals surface area contributed by atoms with E-state index in [9.17, 15) is 4.79 Å². The molecule has 0 aromatic rings. The van der Waals surface area contributed by atoms with Crippen molar-refractivity contribution in [1.29, 1.82) is 0 Å². The lowest BCUT2D eigenvalue weighted by Gasteiger charge is -2.23. The number of ether oxygens (including phenoxy) is 1. The van der Waals surface area contributed by atoms with Crippen molar-refractivity contribution in [3.05, 3.63) is 0 Å². The third-order valence-electron chi connectivity index (χ3n) is 4.01. The van der Waals surface area contributed by atoms with E-state index < -0.39 is 0 Å². The van der Waals surface area contributed by atoms with Gasteiger partial charge in [-0.3, -0.25) is 4.79 Å². The molecule has 1 saturated carbocycles. The van der Waals surface area contributed by atoms with Gasteiger partial charge in [-0.1, -0.05) is 19.3 Å². The second-order valence-electron chi connectivity index (χ2n) is 5.31. The quantitative estimate of drug-likeness (QED) is 0.772. The Balaban J connectivity index is 1.72. The highest BCUT2D eigenvalue weighted by molar-refractivity contribution is 5.76. The lowest BCUT2D eigenvalue weighted by Crippen LogP contribution is -2.44. The van der Waals surface area contributed by atoms with Gasteiger partial charge in [-0.25, -0.2) is 0 Å². The molecule has 4 heteroatoms. The summed E-state index contributed by atoms with van der Waals surface area (Å²) in [6.45, 7) is 1.67. The Labute approximate surface area is 103 Å². The van der Waals surface area contributed by atoms with Gasteiger partial charge in [-0.15, -0.1) is 0 Å². The number of amides is 1. The van der Waals surface area contributed by atoms with Gasteiger partial charge in [0.2, 0.25) is 5.91 Å². The summed E-state index contributed by atoms with van der Waals surface area (Å²) in [6.07, 6.45) is 7.22. The van der Waals surface area contributed by atoms with Gasteiger partial charge in [0.1, 0.15) is 0 Å². The molecule has 0 spiro atoms. The summed E-state index contributed by atoms with van der Waals surface area (Å²) in [6, 6.07) is 0.149. The Hall–Kier alpha value is -0.610. The standard InChI is InChI=1S/C13H24N2O2/c1-17-12-9-14-8-11(12)15-13(16)7-10-5-3-2-4-6-10/h10-12,14H,2-9H2,1H3,(H,15,16)/t11?,12-/m1/s1. The molecule has 4 nitrogen and oxygen atoms in total. The molecule has 0 bridgehead atoms. The highest BCUT2D eigenvalue weighted by Crippen LogP contribution is 2.26. The molecule has 2 atom stereocenters. The first-order valence-corrected chi connectivity index (χ1v) is 6.82. The van der Waals surface area contributed by atoms with E-state index in [4.69, 9.17) is 4.74 Å². The Morgan fingerprint density at radius 2 is 2.06 bits per heavy atom. The summed E-state index contributed by atoms with van der Waals surface area (Å²) in [7, 11) is 1.71. The van der Waals surface area contributed by atoms with Crippen molar-refractivity contribution in [1.82, 2.24) is 10.6 Å². The molecule has 1 aliphatic heterocycles. The molecule has 1 saturated heterocycles. The Kier molecular flexibility index (Phi) is 4.80. The second-order valence-corrected chi connectivity index (χ2v) is 5.31. The fraction of sp³-hybridized carbons (Fsp3) is 0.923. The van der Waals surface area contributed by atoms with E-state index in [0.29, 0.717) is 12.3 Å². The third-order valence-corrected chi connectivity index (χ3v) is 4.01. The molecule has 0 aromatic heterocycles. The summed E-state index contributed by atoms with van der Waals surface area (Å²) < 4.78 is 5.34. The molecule has 1 aliphatic carbocycles. The van der Waals surface area contributed by atoms with E-state index in [1.165, 1.54) is 32.1 Å². The number of hydrogen-bond acceptors (Lipinski definition) is 3. The molecule has 17 heavy (non-hydrogen) atoms. The maximum absolute atomic E-state index is 11.9. The van der Waals surface area contributed by atoms with Gasteiger partial charge in [0, 0.05) is 26.6 Å². The number of carbonyl (C=O) groups is 1. The Morgan fingerprint density at radius 3 is 2.76 bits per heavy atom. The highest BCUT2D eigenvalue weighted by atomic mass is 16.5. The molecular formula is C13H24N2O2. The lowest BCUT2D eigenvalue weighted by molar-refractivity contribution is -0.123. The number of hydrogen-bond donors (Lipinski definition) is 2. The normalized spacial score (nSPS) is 30.4. The monoisotopic (exact) mass is 240 g/mol. The minimum Gasteiger partial charge on any atom is -0.378 e. The third kappa shape index (κ3) is 3.68. The zero-order valence-corrected chi connectivity index (χ0v) is 10.7.